The van der Waals surface area contributed by atoms with Crippen LogP contribution in [0.2, 0.25) is 24.3 Å². The summed E-state index contributed by atoms with van der Waals surface area (Å²) in [7, 11) is -1.65. The zero-order chi connectivity index (χ0) is 36.9. The topological polar surface area (TPSA) is 116 Å². The molecular weight excluding hydrogens is 692 g/mol. The molecule has 1 aliphatic carbocycles. The summed E-state index contributed by atoms with van der Waals surface area (Å²) in [5.74, 6) is 1.96. The second-order valence-electron chi connectivity index (χ2n) is 17.6. The number of carbonyl (C=O) groups is 2. The highest BCUT2D eigenvalue weighted by Crippen LogP contribution is 2.54. The molecule has 2 aromatic heterocycles. The van der Waals surface area contributed by atoms with Gasteiger partial charge in [0.1, 0.15) is 22.9 Å². The lowest BCUT2D eigenvalue weighted by Crippen LogP contribution is -2.39. The molecule has 0 spiro atoms. The number of hydrogen-bond donors (Lipinski definition) is 2. The molecule has 10 nitrogen and oxygen atoms in total. The number of likely N-dealkylation sites (tertiary alicyclic amines) is 1. The molecule has 52 heavy (non-hydrogen) atoms. The van der Waals surface area contributed by atoms with E-state index in [2.05, 4.69) is 70.5 Å². The molecule has 3 fully saturated rings. The maximum Gasteiger partial charge on any atom is 0.411 e. The van der Waals surface area contributed by atoms with Crippen LogP contribution >= 0.6 is 11.6 Å². The molecule has 2 aliphatic heterocycles. The van der Waals surface area contributed by atoms with Crippen LogP contribution < -0.4 is 0 Å². The second kappa shape index (κ2) is 12.1. The van der Waals surface area contributed by atoms with Gasteiger partial charge < -0.3 is 24.3 Å². The van der Waals surface area contributed by atoms with E-state index < -0.39 is 19.3 Å². The molecule has 2 amide bonds. The van der Waals surface area contributed by atoms with Crippen molar-refractivity contribution in [3.05, 3.63) is 71.3 Å². The Morgan fingerprint density at radius 1 is 0.827 bits per heavy atom. The number of halogens is 1. The number of carbonyl (C=O) groups excluding carboxylic acids is 2. The Hall–Kier alpha value is -4.35. The van der Waals surface area contributed by atoms with Gasteiger partial charge in [-0.3, -0.25) is 4.90 Å². The summed E-state index contributed by atoms with van der Waals surface area (Å²) in [6.07, 6.45) is 2.03. The van der Waals surface area contributed by atoms with E-state index in [1.807, 2.05) is 63.5 Å². The third kappa shape index (κ3) is 6.57. The molecule has 8 rings (SSSR count). The molecule has 1 saturated carbocycles. The Labute approximate surface area is 310 Å². The molecule has 0 radical (unpaired) electrons. The lowest BCUT2D eigenvalue weighted by atomic mass is 9.99. The first-order chi connectivity index (χ1) is 24.4. The Bertz CT molecular complexity index is 2220. The van der Waals surface area contributed by atoms with Gasteiger partial charge in [-0.2, -0.15) is 0 Å². The van der Waals surface area contributed by atoms with Crippen LogP contribution in [0, 0.1) is 5.92 Å². The number of imidazole rings is 2. The van der Waals surface area contributed by atoms with Crippen LogP contribution in [0.3, 0.4) is 0 Å². The molecule has 0 bridgehead atoms. The zero-order valence-electron chi connectivity index (χ0n) is 31.1. The number of aromatic nitrogens is 4. The highest BCUT2D eigenvalue weighted by atomic mass is 35.5. The van der Waals surface area contributed by atoms with Crippen LogP contribution in [0.15, 0.2) is 54.6 Å². The van der Waals surface area contributed by atoms with Crippen molar-refractivity contribution in [1.82, 2.24) is 29.7 Å². The quantitative estimate of drug-likeness (QED) is 0.177. The number of piperidine rings is 1. The summed E-state index contributed by atoms with van der Waals surface area (Å²) < 4.78 is 11.5. The maximum absolute atomic E-state index is 13.2. The molecule has 5 aromatic rings. The number of nitrogens with one attached hydrogen (secondary N) is 2. The average Bonchev–Trinajstić information content (AvgIpc) is 3.40. The van der Waals surface area contributed by atoms with E-state index in [1.165, 1.54) is 0 Å². The van der Waals surface area contributed by atoms with E-state index in [0.29, 0.717) is 16.9 Å². The van der Waals surface area contributed by atoms with Gasteiger partial charge in [-0.15, -0.1) is 0 Å². The molecule has 272 valence electrons. The molecule has 0 unspecified atom stereocenters. The first kappa shape index (κ1) is 34.7. The standard InChI is InChI=1S/C40H47ClN6O4Si/c1-39(2,3)50-37(48)46-21-52(7,8)20-31(46)36-42-28-16-14-25-17-24(13-15-27(25)32(28)43-36)22-9-11-23(12-10-22)35-44-33(34(41)45-35)30-19-26-18-29(26)47(30)38(49)51-40(4,5)6/h9-17,26,29-31H,18-21H2,1-8H3,(H,42,43)(H,44,45)/t26-,29-,30+,31-/m0/s1. The molecule has 12 heteroatoms. The summed E-state index contributed by atoms with van der Waals surface area (Å²) >= 11 is 6.71. The molecule has 4 heterocycles. The number of fused-ring (bicyclic) bond motifs is 4. The van der Waals surface area contributed by atoms with Crippen molar-refractivity contribution in [2.24, 2.45) is 5.92 Å². The smallest absolute Gasteiger partial charge is 0.411 e. The van der Waals surface area contributed by atoms with Crippen LogP contribution in [-0.2, 0) is 9.47 Å². The van der Waals surface area contributed by atoms with Gasteiger partial charge in [0.05, 0.1) is 36.9 Å². The monoisotopic (exact) mass is 738 g/mol. The predicted octanol–water partition coefficient (Wildman–Crippen LogP) is 10.0. The Morgan fingerprint density at radius 2 is 1.50 bits per heavy atom. The average molecular weight is 739 g/mol. The van der Waals surface area contributed by atoms with Crippen LogP contribution in [0.1, 0.15) is 78.0 Å². The van der Waals surface area contributed by atoms with Crippen LogP contribution in [0.4, 0.5) is 9.59 Å². The van der Waals surface area contributed by atoms with E-state index in [-0.39, 0.29) is 30.3 Å². The lowest BCUT2D eigenvalue weighted by Gasteiger charge is -2.30. The Morgan fingerprint density at radius 3 is 2.21 bits per heavy atom. The Balaban J connectivity index is 1.03. The molecule has 4 atom stereocenters. The normalized spacial score (nSPS) is 22.6. The minimum absolute atomic E-state index is 0.135. The van der Waals surface area contributed by atoms with E-state index >= 15 is 0 Å². The number of ether oxygens (including phenoxy) is 2. The van der Waals surface area contributed by atoms with Gasteiger partial charge in [0.25, 0.3) is 0 Å². The third-order valence-electron chi connectivity index (χ3n) is 10.4. The van der Waals surface area contributed by atoms with Gasteiger partial charge in [-0.1, -0.05) is 67.2 Å². The van der Waals surface area contributed by atoms with Crippen molar-refractivity contribution in [3.63, 3.8) is 0 Å². The van der Waals surface area contributed by atoms with Crippen molar-refractivity contribution in [2.75, 3.05) is 6.17 Å². The van der Waals surface area contributed by atoms with Gasteiger partial charge in [-0.05, 0) is 95.0 Å². The fourth-order valence-corrected chi connectivity index (χ4v) is 11.1. The van der Waals surface area contributed by atoms with Crippen molar-refractivity contribution in [2.45, 2.75) is 103 Å². The first-order valence-electron chi connectivity index (χ1n) is 18.2. The summed E-state index contributed by atoms with van der Waals surface area (Å²) in [6, 6.07) is 19.7. The van der Waals surface area contributed by atoms with Gasteiger partial charge in [0.15, 0.2) is 5.15 Å². The molecular formula is C40H47ClN6O4Si. The summed E-state index contributed by atoms with van der Waals surface area (Å²) in [5.41, 5.74) is 4.56. The maximum atomic E-state index is 13.2. The number of benzene rings is 3. The van der Waals surface area contributed by atoms with E-state index in [0.717, 1.165) is 75.1 Å². The number of aromatic amines is 2. The van der Waals surface area contributed by atoms with E-state index in [4.69, 9.17) is 26.1 Å². The first-order valence-corrected chi connectivity index (χ1v) is 22.0. The highest BCUT2D eigenvalue weighted by molar-refractivity contribution is 6.78. The number of rotatable bonds is 4. The van der Waals surface area contributed by atoms with Crippen molar-refractivity contribution in [1.29, 1.82) is 0 Å². The number of H-pyrrole nitrogens is 2. The number of hydrogen-bond acceptors (Lipinski definition) is 6. The predicted molar refractivity (Wildman–Crippen MR) is 207 cm³/mol. The van der Waals surface area contributed by atoms with Crippen LogP contribution in [-0.4, -0.2) is 73.4 Å². The fourth-order valence-electron chi connectivity index (χ4n) is 8.02. The van der Waals surface area contributed by atoms with Crippen molar-refractivity contribution in [3.8, 4) is 22.5 Å². The fraction of sp³-hybridized carbons (Fsp3) is 0.450. The molecule has 3 aliphatic rings. The van der Waals surface area contributed by atoms with Gasteiger partial charge in [0, 0.05) is 23.2 Å². The summed E-state index contributed by atoms with van der Waals surface area (Å²) in [5, 5.41) is 2.53. The molecule has 2 saturated heterocycles. The second-order valence-corrected chi connectivity index (χ2v) is 23.0. The molecule has 3 aromatic carbocycles. The zero-order valence-corrected chi connectivity index (χ0v) is 32.9. The summed E-state index contributed by atoms with van der Waals surface area (Å²) in [6.45, 7) is 16.0. The van der Waals surface area contributed by atoms with Crippen LogP contribution in [0.25, 0.3) is 44.3 Å². The SMILES string of the molecule is CC(C)(C)OC(=O)N1C[Si](C)(C)C[C@H]1c1nc2c(ccc3cc(-c4ccc(-c5nc(Cl)c([C@H]6C[C@@H]7C[C@@H]7N6C(=O)OC(C)(C)C)[nH]5)cc4)ccc32)[nH]1. The van der Waals surface area contributed by atoms with Crippen molar-refractivity contribution < 1.29 is 19.1 Å². The Kier molecular flexibility index (Phi) is 8.07. The number of amides is 2. The van der Waals surface area contributed by atoms with E-state index in [9.17, 15) is 9.59 Å². The summed E-state index contributed by atoms with van der Waals surface area (Å²) in [4.78, 5) is 46.9. The minimum Gasteiger partial charge on any atom is -0.444 e. The third-order valence-corrected chi connectivity index (χ3v) is 13.3. The van der Waals surface area contributed by atoms with Crippen molar-refractivity contribution >= 4 is 53.7 Å². The minimum atomic E-state index is -1.65. The number of nitrogens with zero attached hydrogens (tertiary/aromatic N) is 4. The molecule has 2 N–H and O–H groups in total. The van der Waals surface area contributed by atoms with Gasteiger partial charge >= 0.3 is 12.2 Å². The largest absolute Gasteiger partial charge is 0.444 e. The highest BCUT2D eigenvalue weighted by Gasteiger charge is 2.56. The van der Waals surface area contributed by atoms with Gasteiger partial charge in [0.2, 0.25) is 0 Å². The van der Waals surface area contributed by atoms with Gasteiger partial charge in [-0.25, -0.2) is 19.6 Å². The lowest BCUT2D eigenvalue weighted by molar-refractivity contribution is 0.0176. The van der Waals surface area contributed by atoms with E-state index in [1.54, 1.807) is 0 Å². The van der Waals surface area contributed by atoms with Crippen LogP contribution in [0.5, 0.6) is 0 Å².